The van der Waals surface area contributed by atoms with Crippen LogP contribution >= 0.6 is 0 Å². The Kier molecular flexibility index (Phi) is 42.3. The van der Waals surface area contributed by atoms with Gasteiger partial charge in [-0.05, 0) is 25.2 Å². The van der Waals surface area contributed by atoms with Gasteiger partial charge in [-0.3, -0.25) is 14.4 Å². The SMILES string of the molecule is CCCCCCCCCCCCCCCCC(=O)OC[C@H](COC(=O)CCCCCCCCC(C)C)OC(=O)CCCCCCCCCCCCCCCC. The van der Waals surface area contributed by atoms with E-state index in [0.29, 0.717) is 19.3 Å². The molecule has 0 amide bonds. The molecule has 0 fully saturated rings. The molecular weight excluding hydrogens is 685 g/mol. The summed E-state index contributed by atoms with van der Waals surface area (Å²) in [5.74, 6) is -0.0897. The van der Waals surface area contributed by atoms with E-state index in [1.165, 1.54) is 167 Å². The lowest BCUT2D eigenvalue weighted by molar-refractivity contribution is -0.167. The van der Waals surface area contributed by atoms with Crippen LogP contribution in [-0.4, -0.2) is 37.2 Å². The fourth-order valence-corrected chi connectivity index (χ4v) is 7.33. The number of unbranched alkanes of at least 4 members (excludes halogenated alkanes) is 31. The molecule has 0 bridgehead atoms. The van der Waals surface area contributed by atoms with E-state index in [9.17, 15) is 14.4 Å². The molecule has 326 valence electrons. The molecule has 0 rings (SSSR count). The van der Waals surface area contributed by atoms with Gasteiger partial charge >= 0.3 is 17.9 Å². The largest absolute Gasteiger partial charge is 0.462 e. The Morgan fingerprint density at radius 3 is 0.891 bits per heavy atom. The van der Waals surface area contributed by atoms with Gasteiger partial charge in [0.2, 0.25) is 0 Å². The van der Waals surface area contributed by atoms with Gasteiger partial charge in [-0.1, -0.05) is 233 Å². The van der Waals surface area contributed by atoms with Gasteiger partial charge in [-0.2, -0.15) is 0 Å². The lowest BCUT2D eigenvalue weighted by Gasteiger charge is -2.18. The molecule has 0 heterocycles. The first kappa shape index (κ1) is 53.4. The molecule has 0 radical (unpaired) electrons. The topological polar surface area (TPSA) is 78.9 Å². The maximum Gasteiger partial charge on any atom is 0.306 e. The van der Waals surface area contributed by atoms with E-state index in [1.54, 1.807) is 0 Å². The normalized spacial score (nSPS) is 11.9. The van der Waals surface area contributed by atoms with Crippen LogP contribution < -0.4 is 0 Å². The van der Waals surface area contributed by atoms with Gasteiger partial charge in [-0.15, -0.1) is 0 Å². The summed E-state index contributed by atoms with van der Waals surface area (Å²) in [5, 5.41) is 0. The third-order valence-corrected chi connectivity index (χ3v) is 11.0. The van der Waals surface area contributed by atoms with E-state index in [1.807, 2.05) is 0 Å². The Balaban J connectivity index is 4.29. The molecule has 6 heteroatoms. The minimum atomic E-state index is -0.760. The third kappa shape index (κ3) is 43.4. The second-order valence-electron chi connectivity index (χ2n) is 17.2. The predicted molar refractivity (Wildman–Crippen MR) is 233 cm³/mol. The van der Waals surface area contributed by atoms with Crippen molar-refractivity contribution in [2.24, 2.45) is 5.92 Å². The molecule has 0 aromatic carbocycles. The summed E-state index contributed by atoms with van der Waals surface area (Å²) in [6, 6.07) is 0. The number of hydrogen-bond acceptors (Lipinski definition) is 6. The molecule has 0 aliphatic heterocycles. The first-order chi connectivity index (χ1) is 26.9. The van der Waals surface area contributed by atoms with Gasteiger partial charge in [0.1, 0.15) is 13.2 Å². The molecule has 6 nitrogen and oxygen atoms in total. The van der Waals surface area contributed by atoms with E-state index in [-0.39, 0.29) is 31.1 Å². The van der Waals surface area contributed by atoms with Gasteiger partial charge in [0.15, 0.2) is 6.10 Å². The molecule has 0 aromatic heterocycles. The summed E-state index contributed by atoms with van der Waals surface area (Å²) in [6.45, 7) is 8.94. The molecule has 55 heavy (non-hydrogen) atoms. The van der Waals surface area contributed by atoms with Gasteiger partial charge in [0.25, 0.3) is 0 Å². The molecule has 0 unspecified atom stereocenters. The number of ether oxygens (including phenoxy) is 3. The van der Waals surface area contributed by atoms with Crippen molar-refractivity contribution in [2.45, 2.75) is 278 Å². The Hall–Kier alpha value is -1.59. The van der Waals surface area contributed by atoms with Crippen molar-refractivity contribution in [1.82, 2.24) is 0 Å². The van der Waals surface area contributed by atoms with Crippen molar-refractivity contribution in [1.29, 1.82) is 0 Å². The van der Waals surface area contributed by atoms with E-state index < -0.39 is 6.10 Å². The first-order valence-corrected chi connectivity index (χ1v) is 24.4. The number of hydrogen-bond donors (Lipinski definition) is 0. The molecule has 0 aromatic rings. The summed E-state index contributed by atoms with van der Waals surface area (Å²) in [5.41, 5.74) is 0. The molecule has 0 saturated heterocycles. The average Bonchev–Trinajstić information content (AvgIpc) is 3.17. The fourth-order valence-electron chi connectivity index (χ4n) is 7.33. The van der Waals surface area contributed by atoms with Crippen molar-refractivity contribution in [3.63, 3.8) is 0 Å². The zero-order valence-corrected chi connectivity index (χ0v) is 37.4. The highest BCUT2D eigenvalue weighted by atomic mass is 16.6. The average molecular weight is 779 g/mol. The zero-order valence-electron chi connectivity index (χ0n) is 37.4. The molecule has 0 aliphatic carbocycles. The minimum Gasteiger partial charge on any atom is -0.462 e. The summed E-state index contributed by atoms with van der Waals surface area (Å²) >= 11 is 0. The maximum atomic E-state index is 12.7. The second-order valence-corrected chi connectivity index (χ2v) is 17.2. The van der Waals surface area contributed by atoms with Crippen LogP contribution in [0.4, 0.5) is 0 Å². The van der Waals surface area contributed by atoms with Gasteiger partial charge < -0.3 is 14.2 Å². The molecule has 0 N–H and O–H groups in total. The Bertz CT molecular complexity index is 826. The predicted octanol–water partition coefficient (Wildman–Crippen LogP) is 15.5. The third-order valence-electron chi connectivity index (χ3n) is 11.0. The minimum absolute atomic E-state index is 0.0639. The Morgan fingerprint density at radius 1 is 0.345 bits per heavy atom. The van der Waals surface area contributed by atoms with Crippen molar-refractivity contribution in [3.05, 3.63) is 0 Å². The highest BCUT2D eigenvalue weighted by Crippen LogP contribution is 2.16. The van der Waals surface area contributed by atoms with Gasteiger partial charge in [-0.25, -0.2) is 0 Å². The van der Waals surface area contributed by atoms with Gasteiger partial charge in [0.05, 0.1) is 0 Å². The van der Waals surface area contributed by atoms with Crippen LogP contribution in [0, 0.1) is 5.92 Å². The van der Waals surface area contributed by atoms with E-state index in [0.717, 1.165) is 63.7 Å². The molecule has 0 aliphatic rings. The van der Waals surface area contributed by atoms with Crippen molar-refractivity contribution >= 4 is 17.9 Å². The summed E-state index contributed by atoms with van der Waals surface area (Å²) in [4.78, 5) is 37.8. The molecule has 0 spiro atoms. The van der Waals surface area contributed by atoms with Gasteiger partial charge in [0, 0.05) is 19.3 Å². The number of carbonyl (C=O) groups is 3. The summed E-state index contributed by atoms with van der Waals surface area (Å²) in [7, 11) is 0. The number of rotatable bonds is 44. The van der Waals surface area contributed by atoms with Crippen LogP contribution in [0.3, 0.4) is 0 Å². The van der Waals surface area contributed by atoms with Crippen LogP contribution in [0.25, 0.3) is 0 Å². The van der Waals surface area contributed by atoms with Crippen LogP contribution in [0.1, 0.15) is 272 Å². The summed E-state index contributed by atoms with van der Waals surface area (Å²) < 4.78 is 16.7. The van der Waals surface area contributed by atoms with Crippen LogP contribution in [-0.2, 0) is 28.6 Å². The lowest BCUT2D eigenvalue weighted by Crippen LogP contribution is -2.30. The van der Waals surface area contributed by atoms with Crippen LogP contribution in [0.5, 0.6) is 0 Å². The Labute approximate surface area is 342 Å². The standard InChI is InChI=1S/C49H94O6/c1-5-7-9-11-13-15-17-19-21-23-25-27-32-36-40-47(50)53-43-46(44-54-48(51)41-37-33-30-29-31-35-39-45(3)4)55-49(52)42-38-34-28-26-24-22-20-18-16-14-12-10-8-6-2/h45-46H,5-44H2,1-4H3/t46-/m1/s1. The van der Waals surface area contributed by atoms with E-state index >= 15 is 0 Å². The first-order valence-electron chi connectivity index (χ1n) is 24.4. The molecule has 1 atom stereocenters. The fraction of sp³-hybridized carbons (Fsp3) is 0.939. The lowest BCUT2D eigenvalue weighted by atomic mass is 10.0. The quantitative estimate of drug-likeness (QED) is 0.0348. The number of esters is 3. The van der Waals surface area contributed by atoms with Crippen molar-refractivity contribution in [2.75, 3.05) is 13.2 Å². The monoisotopic (exact) mass is 779 g/mol. The number of carbonyl (C=O) groups excluding carboxylic acids is 3. The highest BCUT2D eigenvalue weighted by molar-refractivity contribution is 5.71. The second kappa shape index (κ2) is 43.5. The molecule has 0 saturated carbocycles. The van der Waals surface area contributed by atoms with Crippen LogP contribution in [0.15, 0.2) is 0 Å². The maximum absolute atomic E-state index is 12.7. The highest BCUT2D eigenvalue weighted by Gasteiger charge is 2.19. The smallest absolute Gasteiger partial charge is 0.306 e. The van der Waals surface area contributed by atoms with Crippen LogP contribution in [0.2, 0.25) is 0 Å². The summed E-state index contributed by atoms with van der Waals surface area (Å²) in [6.07, 6.45) is 43.8. The Morgan fingerprint density at radius 2 is 0.600 bits per heavy atom. The zero-order chi connectivity index (χ0) is 40.3. The van der Waals surface area contributed by atoms with Crippen molar-refractivity contribution < 1.29 is 28.6 Å². The van der Waals surface area contributed by atoms with E-state index in [2.05, 4.69) is 27.7 Å². The van der Waals surface area contributed by atoms with E-state index in [4.69, 9.17) is 14.2 Å². The molecular formula is C49H94O6. The van der Waals surface area contributed by atoms with Crippen molar-refractivity contribution in [3.8, 4) is 0 Å².